The van der Waals surface area contributed by atoms with Crippen molar-refractivity contribution < 1.29 is 13.6 Å². The summed E-state index contributed by atoms with van der Waals surface area (Å²) in [5.41, 5.74) is 5.40. The predicted molar refractivity (Wildman–Crippen MR) is 125 cm³/mol. The maximum atomic E-state index is 13.6. The molecule has 34 heavy (non-hydrogen) atoms. The standard InChI is InChI=1S/C25H27FN6O2/c26-18-6-3-9-28-21(18)14-29-25(33)22-15-34-24(32-22)8-11-27-10-7-23-30-19-12-16-4-1-2-5-17(16)13-20(19)31-23/h3,6,9,12-13,15,27H,1-2,4-5,7-8,10-11,14H2,(H,29,33)(H,30,31). The molecule has 9 heteroatoms. The number of aromatic amines is 1. The molecule has 0 spiro atoms. The minimum absolute atomic E-state index is 0.0142. The number of pyridine rings is 1. The molecule has 8 nitrogen and oxygen atoms in total. The summed E-state index contributed by atoms with van der Waals surface area (Å²) in [6.07, 6.45) is 8.99. The monoisotopic (exact) mass is 462 g/mol. The minimum atomic E-state index is -0.462. The van der Waals surface area contributed by atoms with Gasteiger partial charge >= 0.3 is 0 Å². The van der Waals surface area contributed by atoms with E-state index in [-0.39, 0.29) is 17.9 Å². The normalized spacial score (nSPS) is 13.2. The molecule has 0 unspecified atom stereocenters. The van der Waals surface area contributed by atoms with Gasteiger partial charge in [0.05, 0.1) is 23.3 Å². The Morgan fingerprint density at radius 3 is 2.79 bits per heavy atom. The molecule has 1 amide bonds. The maximum Gasteiger partial charge on any atom is 0.273 e. The first-order valence-electron chi connectivity index (χ1n) is 11.7. The zero-order valence-corrected chi connectivity index (χ0v) is 18.9. The van der Waals surface area contributed by atoms with Gasteiger partial charge in [-0.1, -0.05) is 0 Å². The number of benzene rings is 1. The van der Waals surface area contributed by atoms with Gasteiger partial charge in [-0.2, -0.15) is 0 Å². The van der Waals surface area contributed by atoms with E-state index >= 15 is 0 Å². The quantitative estimate of drug-likeness (QED) is 0.330. The summed E-state index contributed by atoms with van der Waals surface area (Å²) in [5.74, 6) is 0.552. The van der Waals surface area contributed by atoms with Gasteiger partial charge in [-0.15, -0.1) is 0 Å². The fourth-order valence-electron chi connectivity index (χ4n) is 4.27. The van der Waals surface area contributed by atoms with Gasteiger partial charge in [0.25, 0.3) is 5.91 Å². The summed E-state index contributed by atoms with van der Waals surface area (Å²) in [7, 11) is 0. The number of fused-ring (bicyclic) bond motifs is 2. The van der Waals surface area contributed by atoms with Crippen LogP contribution >= 0.6 is 0 Å². The molecule has 0 bridgehead atoms. The molecule has 3 aromatic heterocycles. The zero-order chi connectivity index (χ0) is 23.3. The number of amides is 1. The number of nitrogens with one attached hydrogen (secondary N) is 3. The van der Waals surface area contributed by atoms with Crippen LogP contribution in [0, 0.1) is 5.82 Å². The Kier molecular flexibility index (Phi) is 6.62. The summed E-state index contributed by atoms with van der Waals surface area (Å²) >= 11 is 0. The Balaban J connectivity index is 1.06. The lowest BCUT2D eigenvalue weighted by molar-refractivity contribution is 0.0945. The molecule has 4 aromatic rings. The first kappa shape index (κ1) is 22.2. The van der Waals surface area contributed by atoms with Crippen molar-refractivity contribution >= 4 is 16.9 Å². The molecule has 5 rings (SSSR count). The molecule has 1 aliphatic rings. The fourth-order valence-corrected chi connectivity index (χ4v) is 4.27. The molecular formula is C25H27FN6O2. The number of oxazole rings is 1. The van der Waals surface area contributed by atoms with E-state index < -0.39 is 11.7 Å². The highest BCUT2D eigenvalue weighted by Crippen LogP contribution is 2.25. The van der Waals surface area contributed by atoms with E-state index in [1.54, 1.807) is 0 Å². The minimum Gasteiger partial charge on any atom is -0.448 e. The highest BCUT2D eigenvalue weighted by Gasteiger charge is 2.14. The van der Waals surface area contributed by atoms with Crippen LogP contribution < -0.4 is 10.6 Å². The molecule has 0 saturated carbocycles. The molecule has 0 saturated heterocycles. The van der Waals surface area contributed by atoms with Crippen LogP contribution in [0.1, 0.15) is 51.9 Å². The molecule has 1 aliphatic carbocycles. The van der Waals surface area contributed by atoms with Crippen molar-refractivity contribution in [3.63, 3.8) is 0 Å². The third-order valence-corrected chi connectivity index (χ3v) is 6.08. The Hall–Kier alpha value is -3.59. The van der Waals surface area contributed by atoms with Crippen molar-refractivity contribution in [2.45, 2.75) is 45.1 Å². The maximum absolute atomic E-state index is 13.6. The first-order valence-corrected chi connectivity index (χ1v) is 11.7. The topological polar surface area (TPSA) is 109 Å². The summed E-state index contributed by atoms with van der Waals surface area (Å²) in [5, 5.41) is 5.97. The fraction of sp³-hybridized carbons (Fsp3) is 0.360. The number of aryl methyl sites for hydroxylation is 2. The second-order valence-corrected chi connectivity index (χ2v) is 8.52. The van der Waals surface area contributed by atoms with E-state index in [0.717, 1.165) is 42.7 Å². The van der Waals surface area contributed by atoms with Crippen LogP contribution in [0.4, 0.5) is 4.39 Å². The highest BCUT2D eigenvalue weighted by molar-refractivity contribution is 5.91. The number of hydrogen-bond acceptors (Lipinski definition) is 6. The summed E-state index contributed by atoms with van der Waals surface area (Å²) in [6.45, 7) is 1.41. The van der Waals surface area contributed by atoms with Gasteiger partial charge in [-0.05, 0) is 61.1 Å². The smallest absolute Gasteiger partial charge is 0.273 e. The summed E-state index contributed by atoms with van der Waals surface area (Å²) in [6, 6.07) is 7.30. The third kappa shape index (κ3) is 5.14. The van der Waals surface area contributed by atoms with Gasteiger partial charge in [-0.25, -0.2) is 14.4 Å². The lowest BCUT2D eigenvalue weighted by atomic mass is 9.91. The van der Waals surface area contributed by atoms with E-state index in [2.05, 4.69) is 37.7 Å². The molecule has 0 fully saturated rings. The lowest BCUT2D eigenvalue weighted by Gasteiger charge is -2.14. The summed E-state index contributed by atoms with van der Waals surface area (Å²) < 4.78 is 19.0. The number of halogens is 1. The van der Waals surface area contributed by atoms with Crippen LogP contribution in [0.5, 0.6) is 0 Å². The van der Waals surface area contributed by atoms with E-state index in [1.807, 2.05) is 0 Å². The number of imidazole rings is 1. The summed E-state index contributed by atoms with van der Waals surface area (Å²) in [4.78, 5) is 28.5. The van der Waals surface area contributed by atoms with Gasteiger partial charge in [0.2, 0.25) is 0 Å². The highest BCUT2D eigenvalue weighted by atomic mass is 19.1. The number of hydrogen-bond donors (Lipinski definition) is 3. The van der Waals surface area contributed by atoms with Gasteiger partial charge in [0.15, 0.2) is 11.6 Å². The van der Waals surface area contributed by atoms with Crippen LogP contribution in [-0.4, -0.2) is 38.9 Å². The van der Waals surface area contributed by atoms with Crippen molar-refractivity contribution in [1.29, 1.82) is 0 Å². The van der Waals surface area contributed by atoms with E-state index in [1.165, 1.54) is 48.6 Å². The number of carbonyl (C=O) groups excluding carboxylic acids is 1. The molecule has 0 radical (unpaired) electrons. The largest absolute Gasteiger partial charge is 0.448 e. The van der Waals surface area contributed by atoms with Gasteiger partial charge in [0.1, 0.15) is 17.9 Å². The van der Waals surface area contributed by atoms with Crippen molar-refractivity contribution in [2.75, 3.05) is 13.1 Å². The van der Waals surface area contributed by atoms with Gasteiger partial charge in [-0.3, -0.25) is 9.78 Å². The predicted octanol–water partition coefficient (Wildman–Crippen LogP) is 3.27. The Morgan fingerprint density at radius 1 is 1.12 bits per heavy atom. The molecule has 0 aliphatic heterocycles. The lowest BCUT2D eigenvalue weighted by Crippen LogP contribution is -2.24. The van der Waals surface area contributed by atoms with Crippen LogP contribution in [0.25, 0.3) is 11.0 Å². The number of carbonyl (C=O) groups is 1. The third-order valence-electron chi connectivity index (χ3n) is 6.08. The number of nitrogens with zero attached hydrogens (tertiary/aromatic N) is 3. The van der Waals surface area contributed by atoms with Crippen molar-refractivity contribution in [2.24, 2.45) is 0 Å². The van der Waals surface area contributed by atoms with E-state index in [4.69, 9.17) is 9.40 Å². The van der Waals surface area contributed by atoms with Crippen molar-refractivity contribution in [3.8, 4) is 0 Å². The van der Waals surface area contributed by atoms with E-state index in [9.17, 15) is 9.18 Å². The Bertz CT molecular complexity index is 1250. The average molecular weight is 463 g/mol. The molecular weight excluding hydrogens is 435 g/mol. The SMILES string of the molecule is O=C(NCc1ncccc1F)c1coc(CCNCCc2nc3cc4c(cc3[nH]2)CCCC4)n1. The number of H-pyrrole nitrogens is 1. The van der Waals surface area contributed by atoms with Gasteiger partial charge in [0, 0.05) is 32.1 Å². The second kappa shape index (κ2) is 10.1. The molecule has 3 heterocycles. The van der Waals surface area contributed by atoms with Crippen molar-refractivity contribution in [3.05, 3.63) is 76.8 Å². The second-order valence-electron chi connectivity index (χ2n) is 8.52. The van der Waals surface area contributed by atoms with Crippen LogP contribution in [-0.2, 0) is 32.2 Å². The Labute approximate surface area is 196 Å². The molecule has 0 atom stereocenters. The van der Waals surface area contributed by atoms with Crippen molar-refractivity contribution in [1.82, 2.24) is 30.6 Å². The molecule has 1 aromatic carbocycles. The van der Waals surface area contributed by atoms with Gasteiger partial charge < -0.3 is 20.0 Å². The number of rotatable bonds is 9. The Morgan fingerprint density at radius 2 is 1.94 bits per heavy atom. The van der Waals surface area contributed by atoms with Crippen LogP contribution in [0.15, 0.2) is 41.1 Å². The molecule has 3 N–H and O–H groups in total. The van der Waals surface area contributed by atoms with E-state index in [0.29, 0.717) is 18.9 Å². The molecule has 176 valence electrons. The number of aromatic nitrogens is 4. The van der Waals surface area contributed by atoms with Crippen LogP contribution in [0.2, 0.25) is 0 Å². The zero-order valence-electron chi connectivity index (χ0n) is 18.9. The first-order chi connectivity index (χ1) is 16.7. The average Bonchev–Trinajstić information content (AvgIpc) is 3.48. The van der Waals surface area contributed by atoms with Crippen LogP contribution in [0.3, 0.4) is 0 Å².